The minimum atomic E-state index is -0.321. The van der Waals surface area contributed by atoms with Crippen LogP contribution < -0.4 is 10.1 Å². The molecular weight excluding hydrogens is 353 g/mol. The maximum Gasteiger partial charge on any atom is 0.165 e. The molecule has 21 heavy (non-hydrogen) atoms. The lowest BCUT2D eigenvalue weighted by atomic mass is 10.1. The Morgan fingerprint density at radius 1 is 1.24 bits per heavy atom. The van der Waals surface area contributed by atoms with E-state index >= 15 is 0 Å². The van der Waals surface area contributed by atoms with Gasteiger partial charge in [0.2, 0.25) is 0 Å². The highest BCUT2D eigenvalue weighted by atomic mass is 79.9. The maximum atomic E-state index is 14.0. The van der Waals surface area contributed by atoms with Crippen molar-refractivity contribution in [2.24, 2.45) is 0 Å². The molecule has 114 valence electrons. The van der Waals surface area contributed by atoms with Crippen LogP contribution in [0.5, 0.6) is 5.75 Å². The second-order valence-electron chi connectivity index (χ2n) is 5.86. The van der Waals surface area contributed by atoms with Crippen molar-refractivity contribution in [3.8, 4) is 5.75 Å². The highest BCUT2D eigenvalue weighted by Gasteiger charge is 2.10. The van der Waals surface area contributed by atoms with Crippen LogP contribution in [0.15, 0.2) is 34.1 Å². The predicted octanol–water partition coefficient (Wildman–Crippen LogP) is 5.12. The topological polar surface area (TPSA) is 21.3 Å². The summed E-state index contributed by atoms with van der Waals surface area (Å²) in [4.78, 5) is 1.06. The van der Waals surface area contributed by atoms with Gasteiger partial charge >= 0.3 is 0 Å². The van der Waals surface area contributed by atoms with Crippen LogP contribution in [0, 0.1) is 5.82 Å². The summed E-state index contributed by atoms with van der Waals surface area (Å²) in [5, 5.41) is 3.33. The fraction of sp³-hybridized carbons (Fsp3) is 0.375. The van der Waals surface area contributed by atoms with E-state index in [1.165, 1.54) is 6.07 Å². The van der Waals surface area contributed by atoms with Crippen LogP contribution >= 0.6 is 27.3 Å². The molecule has 0 unspecified atom stereocenters. The Morgan fingerprint density at radius 2 is 2.00 bits per heavy atom. The third kappa shape index (κ3) is 5.41. The number of ether oxygens (including phenoxy) is 1. The average Bonchev–Trinajstić information content (AvgIpc) is 2.80. The number of rotatable bonds is 5. The molecule has 0 saturated heterocycles. The molecule has 2 nitrogen and oxygen atoms in total. The summed E-state index contributed by atoms with van der Waals surface area (Å²) in [5.74, 6) is -0.0298. The van der Waals surface area contributed by atoms with Gasteiger partial charge in [-0.2, -0.15) is 0 Å². The quantitative estimate of drug-likeness (QED) is 0.787. The summed E-state index contributed by atoms with van der Waals surface area (Å²) in [6.07, 6.45) is 0. The summed E-state index contributed by atoms with van der Waals surface area (Å²) < 4.78 is 20.6. The molecule has 0 bridgehead atoms. The largest absolute Gasteiger partial charge is 0.485 e. The minimum absolute atomic E-state index is 0.0121. The molecule has 2 aromatic rings. The summed E-state index contributed by atoms with van der Waals surface area (Å²) in [7, 11) is 0. The van der Waals surface area contributed by atoms with E-state index in [0.29, 0.717) is 18.9 Å². The van der Waals surface area contributed by atoms with E-state index in [2.05, 4.69) is 42.0 Å². The SMILES string of the molecule is CC(C)(C)NCc1ccc(OCc2ccc(Br)s2)c(F)c1. The number of hydrogen-bond donors (Lipinski definition) is 1. The van der Waals surface area contributed by atoms with Gasteiger partial charge in [-0.1, -0.05) is 6.07 Å². The minimum Gasteiger partial charge on any atom is -0.485 e. The van der Waals surface area contributed by atoms with E-state index in [-0.39, 0.29) is 11.4 Å². The first-order chi connectivity index (χ1) is 9.83. The van der Waals surface area contributed by atoms with Gasteiger partial charge in [0.25, 0.3) is 0 Å². The van der Waals surface area contributed by atoms with Gasteiger partial charge in [-0.15, -0.1) is 11.3 Å². The van der Waals surface area contributed by atoms with Crippen molar-refractivity contribution in [2.45, 2.75) is 39.5 Å². The van der Waals surface area contributed by atoms with Gasteiger partial charge < -0.3 is 10.1 Å². The van der Waals surface area contributed by atoms with Gasteiger partial charge in [0.05, 0.1) is 3.79 Å². The van der Waals surface area contributed by atoms with Gasteiger partial charge in [0.1, 0.15) is 6.61 Å². The molecule has 1 aromatic carbocycles. The molecule has 0 amide bonds. The first-order valence-electron chi connectivity index (χ1n) is 6.74. The number of halogens is 2. The second-order valence-corrected chi connectivity index (χ2v) is 8.41. The lowest BCUT2D eigenvalue weighted by Crippen LogP contribution is -2.35. The fourth-order valence-corrected chi connectivity index (χ4v) is 3.11. The molecule has 1 aromatic heterocycles. The van der Waals surface area contributed by atoms with Crippen molar-refractivity contribution >= 4 is 27.3 Å². The zero-order chi connectivity index (χ0) is 15.5. The molecule has 1 N–H and O–H groups in total. The lowest BCUT2D eigenvalue weighted by molar-refractivity contribution is 0.293. The molecule has 5 heteroatoms. The first kappa shape index (κ1) is 16.5. The zero-order valence-corrected chi connectivity index (χ0v) is 14.8. The smallest absolute Gasteiger partial charge is 0.165 e. The lowest BCUT2D eigenvalue weighted by Gasteiger charge is -2.20. The Labute approximate surface area is 137 Å². The van der Waals surface area contributed by atoms with Gasteiger partial charge in [0, 0.05) is 17.0 Å². The monoisotopic (exact) mass is 371 g/mol. The molecule has 0 spiro atoms. The average molecular weight is 372 g/mol. The Hall–Kier alpha value is -0.910. The van der Waals surface area contributed by atoms with E-state index in [4.69, 9.17) is 4.74 Å². The summed E-state index contributed by atoms with van der Waals surface area (Å²) in [6.45, 7) is 7.27. The number of nitrogens with one attached hydrogen (secondary N) is 1. The van der Waals surface area contributed by atoms with Crippen LogP contribution in [-0.2, 0) is 13.2 Å². The van der Waals surface area contributed by atoms with Crippen LogP contribution in [0.2, 0.25) is 0 Å². The highest BCUT2D eigenvalue weighted by Crippen LogP contribution is 2.25. The molecule has 0 atom stereocenters. The molecule has 1 heterocycles. The van der Waals surface area contributed by atoms with Crippen molar-refractivity contribution in [2.75, 3.05) is 0 Å². The van der Waals surface area contributed by atoms with Crippen molar-refractivity contribution in [1.29, 1.82) is 0 Å². The van der Waals surface area contributed by atoms with Crippen molar-refractivity contribution in [1.82, 2.24) is 5.32 Å². The number of thiophene rings is 1. The van der Waals surface area contributed by atoms with Crippen LogP contribution in [0.3, 0.4) is 0 Å². The number of benzene rings is 1. The van der Waals surface area contributed by atoms with E-state index in [0.717, 1.165) is 14.2 Å². The summed E-state index contributed by atoms with van der Waals surface area (Å²) in [6, 6.07) is 9.03. The fourth-order valence-electron chi connectivity index (χ4n) is 1.72. The van der Waals surface area contributed by atoms with E-state index in [1.54, 1.807) is 17.4 Å². The van der Waals surface area contributed by atoms with Gasteiger partial charge in [-0.05, 0) is 66.5 Å². The number of hydrogen-bond acceptors (Lipinski definition) is 3. The highest BCUT2D eigenvalue weighted by molar-refractivity contribution is 9.11. The molecule has 0 fully saturated rings. The maximum absolute atomic E-state index is 14.0. The molecule has 0 saturated carbocycles. The second kappa shape index (κ2) is 6.90. The van der Waals surface area contributed by atoms with E-state index in [1.807, 2.05) is 18.2 Å². The van der Waals surface area contributed by atoms with Gasteiger partial charge in [-0.3, -0.25) is 0 Å². The third-order valence-corrected chi connectivity index (χ3v) is 4.42. The third-order valence-electron chi connectivity index (χ3n) is 2.82. The first-order valence-corrected chi connectivity index (χ1v) is 8.35. The molecule has 0 aliphatic rings. The Morgan fingerprint density at radius 3 is 2.57 bits per heavy atom. The molecule has 0 aliphatic heterocycles. The normalized spacial score (nSPS) is 11.7. The Balaban J connectivity index is 1.95. The van der Waals surface area contributed by atoms with E-state index < -0.39 is 0 Å². The van der Waals surface area contributed by atoms with E-state index in [9.17, 15) is 4.39 Å². The van der Waals surface area contributed by atoms with Crippen molar-refractivity contribution in [3.63, 3.8) is 0 Å². The standard InChI is InChI=1S/C16H19BrFNOS/c1-16(2,3)19-9-11-4-6-14(13(18)8-11)20-10-12-5-7-15(17)21-12/h4-8,19H,9-10H2,1-3H3. The Bertz CT molecular complexity index is 607. The van der Waals surface area contributed by atoms with Gasteiger partial charge in [-0.25, -0.2) is 4.39 Å². The van der Waals surface area contributed by atoms with Crippen molar-refractivity contribution in [3.05, 3.63) is 50.4 Å². The predicted molar refractivity (Wildman–Crippen MR) is 89.3 cm³/mol. The summed E-state index contributed by atoms with van der Waals surface area (Å²) in [5.41, 5.74) is 0.923. The van der Waals surface area contributed by atoms with Gasteiger partial charge in [0.15, 0.2) is 11.6 Å². The van der Waals surface area contributed by atoms with Crippen LogP contribution in [-0.4, -0.2) is 5.54 Å². The van der Waals surface area contributed by atoms with Crippen LogP contribution in [0.1, 0.15) is 31.2 Å². The van der Waals surface area contributed by atoms with Crippen LogP contribution in [0.4, 0.5) is 4.39 Å². The Kier molecular flexibility index (Phi) is 5.41. The summed E-state index contributed by atoms with van der Waals surface area (Å²) >= 11 is 4.98. The molecule has 0 aliphatic carbocycles. The van der Waals surface area contributed by atoms with Crippen molar-refractivity contribution < 1.29 is 9.13 Å². The molecule has 0 radical (unpaired) electrons. The van der Waals surface area contributed by atoms with Crippen LogP contribution in [0.25, 0.3) is 0 Å². The zero-order valence-electron chi connectivity index (χ0n) is 12.4. The molecular formula is C16H19BrFNOS. The molecule has 2 rings (SSSR count).